The molecule has 5 aromatic heterocycles. The number of likely N-dealkylation sites (tertiary alicyclic amines) is 1. The van der Waals surface area contributed by atoms with E-state index in [2.05, 4.69) is 43.4 Å². The highest BCUT2D eigenvalue weighted by Gasteiger charge is 2.20. The maximum Gasteiger partial charge on any atom is 0.260 e. The summed E-state index contributed by atoms with van der Waals surface area (Å²) < 4.78 is 1.92. The molecule has 0 aliphatic carbocycles. The summed E-state index contributed by atoms with van der Waals surface area (Å²) in [4.78, 5) is 31.9. The van der Waals surface area contributed by atoms with E-state index in [1.165, 1.54) is 0 Å². The van der Waals surface area contributed by atoms with Crippen molar-refractivity contribution >= 4 is 33.7 Å². The topological polar surface area (TPSA) is 105 Å². The number of nitrogens with zero attached hydrogens (tertiary/aromatic N) is 6. The van der Waals surface area contributed by atoms with Crippen LogP contribution in [-0.4, -0.2) is 60.7 Å². The number of anilines is 1. The first-order valence-corrected chi connectivity index (χ1v) is 11.4. The minimum atomic E-state index is -0.232. The van der Waals surface area contributed by atoms with Gasteiger partial charge < -0.3 is 15.2 Å². The van der Waals surface area contributed by atoms with E-state index in [9.17, 15) is 4.79 Å². The monoisotopic (exact) mass is 452 g/mol. The van der Waals surface area contributed by atoms with E-state index in [1.54, 1.807) is 24.7 Å². The molecule has 0 saturated carbocycles. The lowest BCUT2D eigenvalue weighted by Gasteiger charge is -2.28. The quantitative estimate of drug-likeness (QED) is 0.429. The Hall–Kier alpha value is -4.11. The zero-order valence-corrected chi connectivity index (χ0v) is 18.8. The van der Waals surface area contributed by atoms with E-state index in [0.717, 1.165) is 59.1 Å². The van der Waals surface area contributed by atoms with Crippen LogP contribution in [0.15, 0.2) is 61.3 Å². The van der Waals surface area contributed by atoms with Gasteiger partial charge in [-0.2, -0.15) is 5.10 Å². The van der Waals surface area contributed by atoms with Gasteiger partial charge in [-0.25, -0.2) is 15.0 Å². The fraction of sp³-hybridized carbons (Fsp3) is 0.240. The van der Waals surface area contributed by atoms with Gasteiger partial charge in [0.2, 0.25) is 0 Å². The SMILES string of the molecule is CN1CCC(n2cc(C(=O)Nc3cc4nc(-c5cnc6[nH]ccc6c5)ccc4cn3)cn2)CC1. The van der Waals surface area contributed by atoms with E-state index in [0.29, 0.717) is 17.4 Å². The van der Waals surface area contributed by atoms with E-state index in [4.69, 9.17) is 4.98 Å². The fourth-order valence-electron chi connectivity index (χ4n) is 4.43. The number of rotatable bonds is 4. The minimum absolute atomic E-state index is 0.232. The van der Waals surface area contributed by atoms with Gasteiger partial charge in [0, 0.05) is 47.2 Å². The number of nitrogens with one attached hydrogen (secondary N) is 2. The largest absolute Gasteiger partial charge is 0.346 e. The molecule has 9 heteroatoms. The van der Waals surface area contributed by atoms with Crippen molar-refractivity contribution in [2.24, 2.45) is 0 Å². The molecule has 0 radical (unpaired) electrons. The van der Waals surface area contributed by atoms with Crippen LogP contribution < -0.4 is 5.32 Å². The molecule has 0 atom stereocenters. The average Bonchev–Trinajstić information content (AvgIpc) is 3.54. The first kappa shape index (κ1) is 20.5. The van der Waals surface area contributed by atoms with E-state index in [-0.39, 0.29) is 5.91 Å². The van der Waals surface area contributed by atoms with Crippen molar-refractivity contribution in [2.45, 2.75) is 18.9 Å². The van der Waals surface area contributed by atoms with Crippen molar-refractivity contribution < 1.29 is 4.79 Å². The Balaban J connectivity index is 1.22. The maximum absolute atomic E-state index is 12.8. The molecular weight excluding hydrogens is 428 g/mol. The third-order valence-electron chi connectivity index (χ3n) is 6.44. The number of carbonyl (C=O) groups is 1. The Morgan fingerprint density at radius 1 is 1.06 bits per heavy atom. The Kier molecular flexibility index (Phi) is 5.03. The van der Waals surface area contributed by atoms with E-state index >= 15 is 0 Å². The molecule has 1 aliphatic heterocycles. The first-order chi connectivity index (χ1) is 16.6. The molecule has 5 aromatic rings. The van der Waals surface area contributed by atoms with Crippen LogP contribution in [0.5, 0.6) is 0 Å². The maximum atomic E-state index is 12.8. The second kappa shape index (κ2) is 8.35. The Morgan fingerprint density at radius 2 is 1.94 bits per heavy atom. The zero-order valence-electron chi connectivity index (χ0n) is 18.8. The van der Waals surface area contributed by atoms with Crippen LogP contribution in [0.3, 0.4) is 0 Å². The molecule has 6 rings (SSSR count). The smallest absolute Gasteiger partial charge is 0.260 e. The van der Waals surface area contributed by atoms with Gasteiger partial charge in [-0.15, -0.1) is 0 Å². The summed E-state index contributed by atoms with van der Waals surface area (Å²) in [5.74, 6) is 0.220. The lowest BCUT2D eigenvalue weighted by atomic mass is 10.1. The number of H-pyrrole nitrogens is 1. The van der Waals surface area contributed by atoms with Crippen LogP contribution in [0.2, 0.25) is 0 Å². The molecule has 1 amide bonds. The van der Waals surface area contributed by atoms with Gasteiger partial charge in [0.1, 0.15) is 11.5 Å². The number of aromatic amines is 1. The second-order valence-electron chi connectivity index (χ2n) is 8.80. The fourth-order valence-corrected chi connectivity index (χ4v) is 4.43. The highest BCUT2D eigenvalue weighted by atomic mass is 16.1. The molecule has 34 heavy (non-hydrogen) atoms. The second-order valence-corrected chi connectivity index (χ2v) is 8.80. The van der Waals surface area contributed by atoms with Gasteiger partial charge >= 0.3 is 0 Å². The Bertz CT molecular complexity index is 1500. The normalized spacial score (nSPS) is 15.2. The minimum Gasteiger partial charge on any atom is -0.346 e. The van der Waals surface area contributed by atoms with Crippen molar-refractivity contribution in [3.63, 3.8) is 0 Å². The molecule has 0 bridgehead atoms. The summed E-state index contributed by atoms with van der Waals surface area (Å²) in [6.07, 6.45) is 10.9. The number of hydrogen-bond acceptors (Lipinski definition) is 6. The highest BCUT2D eigenvalue weighted by Crippen LogP contribution is 2.25. The third-order valence-corrected chi connectivity index (χ3v) is 6.44. The number of piperidine rings is 1. The van der Waals surface area contributed by atoms with Crippen LogP contribution in [0.4, 0.5) is 5.82 Å². The molecule has 1 saturated heterocycles. The number of pyridine rings is 3. The summed E-state index contributed by atoms with van der Waals surface area (Å²) in [5.41, 5.74) is 3.86. The van der Waals surface area contributed by atoms with Gasteiger partial charge in [-0.3, -0.25) is 9.48 Å². The van der Waals surface area contributed by atoms with Gasteiger partial charge in [-0.05, 0) is 57.2 Å². The molecule has 6 heterocycles. The standard InChI is InChI=1S/C25H24N8O/c1-32-8-5-20(6-9-32)33-15-19(14-29-33)25(34)31-23-11-22-17(12-27-23)2-3-21(30-22)18-10-16-4-7-26-24(16)28-13-18/h2-4,7,10-15,20H,5-6,8-9H2,1H3,(H,26,28)(H,27,31,34). The van der Waals surface area contributed by atoms with Crippen molar-refractivity contribution in [2.75, 3.05) is 25.5 Å². The van der Waals surface area contributed by atoms with Crippen molar-refractivity contribution in [1.29, 1.82) is 0 Å². The summed E-state index contributed by atoms with van der Waals surface area (Å²) in [6, 6.07) is 10.1. The number of hydrogen-bond donors (Lipinski definition) is 2. The third kappa shape index (κ3) is 3.90. The molecule has 2 N–H and O–H groups in total. The molecule has 0 aromatic carbocycles. The molecular formula is C25H24N8O. The first-order valence-electron chi connectivity index (χ1n) is 11.4. The lowest BCUT2D eigenvalue weighted by Crippen LogP contribution is -2.31. The van der Waals surface area contributed by atoms with Crippen LogP contribution in [0.1, 0.15) is 29.2 Å². The van der Waals surface area contributed by atoms with Gasteiger partial charge in [0.15, 0.2) is 0 Å². The van der Waals surface area contributed by atoms with Crippen LogP contribution >= 0.6 is 0 Å². The Labute approximate surface area is 195 Å². The number of carbonyl (C=O) groups excluding carboxylic acids is 1. The van der Waals surface area contributed by atoms with E-state index < -0.39 is 0 Å². The van der Waals surface area contributed by atoms with Crippen molar-refractivity contribution in [3.05, 3.63) is 66.9 Å². The molecule has 1 aliphatic rings. The molecule has 9 nitrogen and oxygen atoms in total. The number of fused-ring (bicyclic) bond motifs is 2. The van der Waals surface area contributed by atoms with Crippen LogP contribution in [-0.2, 0) is 0 Å². The van der Waals surface area contributed by atoms with Crippen LogP contribution in [0.25, 0.3) is 33.2 Å². The molecule has 0 unspecified atom stereocenters. The molecule has 1 fully saturated rings. The Morgan fingerprint density at radius 3 is 2.82 bits per heavy atom. The van der Waals surface area contributed by atoms with Gasteiger partial charge in [-0.1, -0.05) is 0 Å². The molecule has 0 spiro atoms. The number of aromatic nitrogens is 6. The number of amides is 1. The van der Waals surface area contributed by atoms with Crippen LogP contribution in [0, 0.1) is 0 Å². The lowest BCUT2D eigenvalue weighted by molar-refractivity contribution is 0.102. The van der Waals surface area contributed by atoms with E-state index in [1.807, 2.05) is 35.3 Å². The predicted molar refractivity (Wildman–Crippen MR) is 131 cm³/mol. The van der Waals surface area contributed by atoms with Gasteiger partial charge in [0.05, 0.1) is 29.0 Å². The van der Waals surface area contributed by atoms with Crippen molar-refractivity contribution in [1.82, 2.24) is 34.6 Å². The summed E-state index contributed by atoms with van der Waals surface area (Å²) >= 11 is 0. The van der Waals surface area contributed by atoms with Gasteiger partial charge in [0.25, 0.3) is 5.91 Å². The summed E-state index contributed by atoms with van der Waals surface area (Å²) in [6.45, 7) is 2.08. The summed E-state index contributed by atoms with van der Waals surface area (Å²) in [7, 11) is 2.13. The summed E-state index contributed by atoms with van der Waals surface area (Å²) in [5, 5.41) is 9.25. The highest BCUT2D eigenvalue weighted by molar-refractivity contribution is 6.04. The zero-order chi connectivity index (χ0) is 23.1. The predicted octanol–water partition coefficient (Wildman–Crippen LogP) is 3.89. The van der Waals surface area contributed by atoms with Crippen molar-refractivity contribution in [3.8, 4) is 11.3 Å². The average molecular weight is 453 g/mol. The molecule has 170 valence electrons.